The first-order valence-corrected chi connectivity index (χ1v) is 7.85. The molecule has 7 nitrogen and oxygen atoms in total. The van der Waals surface area contributed by atoms with E-state index in [-0.39, 0.29) is 17.2 Å². The van der Waals surface area contributed by atoms with Gasteiger partial charge in [0.1, 0.15) is 5.69 Å². The molecule has 0 saturated carbocycles. The predicted molar refractivity (Wildman–Crippen MR) is 80.6 cm³/mol. The summed E-state index contributed by atoms with van der Waals surface area (Å²) in [5.41, 5.74) is -0.778. The van der Waals surface area contributed by atoms with Crippen molar-refractivity contribution in [3.05, 3.63) is 28.4 Å². The van der Waals surface area contributed by atoms with Crippen LogP contribution in [0.5, 0.6) is 0 Å². The fourth-order valence-corrected chi connectivity index (χ4v) is 3.26. The number of rotatable bonds is 3. The minimum Gasteiger partial charge on any atom is -0.388 e. The summed E-state index contributed by atoms with van der Waals surface area (Å²) in [4.78, 5) is 33.6. The highest BCUT2D eigenvalue weighted by molar-refractivity contribution is 5.92. The second-order valence-corrected chi connectivity index (χ2v) is 6.30. The van der Waals surface area contributed by atoms with Crippen LogP contribution in [0.1, 0.15) is 36.2 Å². The summed E-state index contributed by atoms with van der Waals surface area (Å²) in [7, 11) is 0. The fourth-order valence-electron chi connectivity index (χ4n) is 3.26. The summed E-state index contributed by atoms with van der Waals surface area (Å²) in [5.74, 6) is -0.195. The van der Waals surface area contributed by atoms with E-state index in [0.29, 0.717) is 32.5 Å². The second kappa shape index (κ2) is 6.18. The average molecular weight is 306 g/mol. The van der Waals surface area contributed by atoms with E-state index in [2.05, 4.69) is 14.9 Å². The van der Waals surface area contributed by atoms with Crippen LogP contribution in [0.15, 0.2) is 17.2 Å². The SMILES string of the molecule is O=C(c1c[nH]c(=O)cn1)N1CCC(O)(CN2CCCC2)CC1. The predicted octanol–water partition coefficient (Wildman–Crippen LogP) is -0.167. The molecular formula is C15H22N4O3. The zero-order valence-electron chi connectivity index (χ0n) is 12.6. The van der Waals surface area contributed by atoms with Crippen LogP contribution >= 0.6 is 0 Å². The Morgan fingerprint density at radius 1 is 1.27 bits per heavy atom. The van der Waals surface area contributed by atoms with Gasteiger partial charge in [-0.25, -0.2) is 4.98 Å². The molecule has 0 bridgehead atoms. The van der Waals surface area contributed by atoms with E-state index in [9.17, 15) is 14.7 Å². The minimum absolute atomic E-state index is 0.195. The molecule has 1 aromatic heterocycles. The number of nitrogens with zero attached hydrogens (tertiary/aromatic N) is 3. The van der Waals surface area contributed by atoms with Crippen LogP contribution in [-0.2, 0) is 0 Å². The standard InChI is InChI=1S/C15H22N4O3/c20-13-10-16-12(9-17-13)14(21)19-7-3-15(22,4-8-19)11-18-5-1-2-6-18/h9-10,22H,1-8,11H2,(H,17,20). The molecule has 0 radical (unpaired) electrons. The number of carbonyl (C=O) groups is 1. The normalized spacial score (nSPS) is 22.0. The van der Waals surface area contributed by atoms with Crippen molar-refractivity contribution in [2.24, 2.45) is 0 Å². The number of H-pyrrole nitrogens is 1. The number of nitrogens with one attached hydrogen (secondary N) is 1. The smallest absolute Gasteiger partial charge is 0.273 e. The molecule has 0 spiro atoms. The van der Waals surface area contributed by atoms with Crippen molar-refractivity contribution in [3.63, 3.8) is 0 Å². The monoisotopic (exact) mass is 306 g/mol. The van der Waals surface area contributed by atoms with Crippen LogP contribution in [0.4, 0.5) is 0 Å². The highest BCUT2D eigenvalue weighted by Gasteiger charge is 2.36. The molecule has 2 aliphatic rings. The number of aliphatic hydroxyl groups is 1. The third-order valence-corrected chi connectivity index (χ3v) is 4.59. The van der Waals surface area contributed by atoms with Gasteiger partial charge in [-0.2, -0.15) is 0 Å². The molecule has 3 rings (SSSR count). The third kappa shape index (κ3) is 3.36. The van der Waals surface area contributed by atoms with Crippen molar-refractivity contribution >= 4 is 5.91 Å². The molecule has 0 aromatic carbocycles. The molecule has 120 valence electrons. The summed E-state index contributed by atoms with van der Waals surface area (Å²) in [6, 6.07) is 0. The zero-order chi connectivity index (χ0) is 15.6. The molecule has 2 aliphatic heterocycles. The molecule has 2 saturated heterocycles. The summed E-state index contributed by atoms with van der Waals surface area (Å²) in [6.45, 7) is 3.86. The van der Waals surface area contributed by atoms with Crippen molar-refractivity contribution in [2.45, 2.75) is 31.3 Å². The summed E-state index contributed by atoms with van der Waals surface area (Å²) < 4.78 is 0. The van der Waals surface area contributed by atoms with Crippen LogP contribution in [0.25, 0.3) is 0 Å². The first-order valence-electron chi connectivity index (χ1n) is 7.85. The van der Waals surface area contributed by atoms with Crippen LogP contribution in [0.3, 0.4) is 0 Å². The molecule has 1 amide bonds. The van der Waals surface area contributed by atoms with Gasteiger partial charge >= 0.3 is 0 Å². The van der Waals surface area contributed by atoms with E-state index in [1.165, 1.54) is 19.0 Å². The Morgan fingerprint density at radius 2 is 1.95 bits per heavy atom. The summed E-state index contributed by atoms with van der Waals surface area (Å²) >= 11 is 0. The van der Waals surface area contributed by atoms with Gasteiger partial charge in [-0.15, -0.1) is 0 Å². The highest BCUT2D eigenvalue weighted by Crippen LogP contribution is 2.25. The first kappa shape index (κ1) is 15.2. The number of carbonyl (C=O) groups excluding carboxylic acids is 1. The number of hydrogen-bond donors (Lipinski definition) is 2. The van der Waals surface area contributed by atoms with E-state index in [0.717, 1.165) is 19.3 Å². The Labute approximate surface area is 129 Å². The fraction of sp³-hybridized carbons (Fsp3) is 0.667. The first-order chi connectivity index (χ1) is 10.6. The molecular weight excluding hydrogens is 284 g/mol. The van der Waals surface area contributed by atoms with E-state index >= 15 is 0 Å². The van der Waals surface area contributed by atoms with Gasteiger partial charge in [0.25, 0.3) is 11.5 Å². The molecule has 1 aromatic rings. The quantitative estimate of drug-likeness (QED) is 0.809. The molecule has 0 unspecified atom stereocenters. The largest absolute Gasteiger partial charge is 0.388 e. The van der Waals surface area contributed by atoms with Gasteiger partial charge in [-0.3, -0.25) is 9.59 Å². The highest BCUT2D eigenvalue weighted by atomic mass is 16.3. The van der Waals surface area contributed by atoms with Gasteiger partial charge in [0.2, 0.25) is 0 Å². The number of likely N-dealkylation sites (tertiary alicyclic amines) is 2. The number of aromatic nitrogens is 2. The average Bonchev–Trinajstić information content (AvgIpc) is 3.00. The van der Waals surface area contributed by atoms with E-state index in [1.807, 2.05) is 0 Å². The lowest BCUT2D eigenvalue weighted by atomic mass is 9.90. The van der Waals surface area contributed by atoms with Crippen LogP contribution in [0, 0.1) is 0 Å². The number of β-amino-alcohol motifs (C(OH)–C–C–N with tert-alkyl or cyclic N) is 1. The molecule has 7 heteroatoms. The summed E-state index contributed by atoms with van der Waals surface area (Å²) in [6.07, 6.45) is 6.03. The van der Waals surface area contributed by atoms with Gasteiger partial charge in [0.15, 0.2) is 0 Å². The maximum Gasteiger partial charge on any atom is 0.273 e. The molecule has 0 atom stereocenters. The topological polar surface area (TPSA) is 89.5 Å². The van der Waals surface area contributed by atoms with Gasteiger partial charge in [0.05, 0.1) is 11.8 Å². The maximum absolute atomic E-state index is 12.3. The van der Waals surface area contributed by atoms with E-state index < -0.39 is 5.60 Å². The Balaban J connectivity index is 1.57. The number of piperidine rings is 1. The molecule has 2 fully saturated rings. The molecule has 3 heterocycles. The maximum atomic E-state index is 12.3. The van der Waals surface area contributed by atoms with Crippen molar-refractivity contribution in [2.75, 3.05) is 32.7 Å². The van der Waals surface area contributed by atoms with Crippen molar-refractivity contribution < 1.29 is 9.90 Å². The Kier molecular flexibility index (Phi) is 4.26. The van der Waals surface area contributed by atoms with Crippen LogP contribution in [0.2, 0.25) is 0 Å². The lowest BCUT2D eigenvalue weighted by Crippen LogP contribution is -2.51. The Hall–Kier alpha value is -1.73. The lowest BCUT2D eigenvalue weighted by molar-refractivity contribution is -0.0368. The van der Waals surface area contributed by atoms with Gasteiger partial charge in [-0.1, -0.05) is 0 Å². The molecule has 22 heavy (non-hydrogen) atoms. The van der Waals surface area contributed by atoms with Crippen molar-refractivity contribution in [1.29, 1.82) is 0 Å². The van der Waals surface area contributed by atoms with E-state index in [4.69, 9.17) is 0 Å². The number of amides is 1. The third-order valence-electron chi connectivity index (χ3n) is 4.59. The second-order valence-electron chi connectivity index (χ2n) is 6.30. The van der Waals surface area contributed by atoms with Crippen molar-refractivity contribution in [1.82, 2.24) is 19.8 Å². The summed E-state index contributed by atoms with van der Waals surface area (Å²) in [5, 5.41) is 10.7. The number of hydrogen-bond acceptors (Lipinski definition) is 5. The lowest BCUT2D eigenvalue weighted by Gasteiger charge is -2.40. The Bertz CT molecular complexity index is 566. The molecule has 0 aliphatic carbocycles. The molecule has 2 N–H and O–H groups in total. The van der Waals surface area contributed by atoms with Gasteiger partial charge in [0, 0.05) is 25.8 Å². The Morgan fingerprint density at radius 3 is 2.55 bits per heavy atom. The van der Waals surface area contributed by atoms with Crippen LogP contribution in [-0.4, -0.2) is 69.1 Å². The van der Waals surface area contributed by atoms with Crippen LogP contribution < -0.4 is 5.56 Å². The minimum atomic E-state index is -0.695. The van der Waals surface area contributed by atoms with Gasteiger partial charge in [-0.05, 0) is 38.8 Å². The van der Waals surface area contributed by atoms with Crippen molar-refractivity contribution in [3.8, 4) is 0 Å². The zero-order valence-corrected chi connectivity index (χ0v) is 12.6. The number of aromatic amines is 1. The van der Waals surface area contributed by atoms with Gasteiger partial charge < -0.3 is 19.9 Å². The van der Waals surface area contributed by atoms with E-state index in [1.54, 1.807) is 4.90 Å².